The lowest BCUT2D eigenvalue weighted by Gasteiger charge is -2.39. The summed E-state index contributed by atoms with van der Waals surface area (Å²) in [5.41, 5.74) is 2.95. The number of hydrogen-bond donors (Lipinski definition) is 0. The molecule has 0 unspecified atom stereocenters. The first-order valence-electron chi connectivity index (χ1n) is 11.3. The van der Waals surface area contributed by atoms with Crippen molar-refractivity contribution in [3.05, 3.63) is 108 Å². The Morgan fingerprint density at radius 3 is 1.59 bits per heavy atom. The van der Waals surface area contributed by atoms with Crippen LogP contribution in [0.15, 0.2) is 91.0 Å². The first kappa shape index (κ1) is 23.7. The first-order valence-corrected chi connectivity index (χ1v) is 11.3. The zero-order chi connectivity index (χ0) is 23.6. The van der Waals surface area contributed by atoms with E-state index in [0.717, 1.165) is 16.7 Å². The summed E-state index contributed by atoms with van der Waals surface area (Å²) in [7, 11) is 0. The molecule has 4 atom stereocenters. The van der Waals surface area contributed by atoms with Gasteiger partial charge in [-0.1, -0.05) is 96.9 Å². The molecular formula is C29H28O5. The van der Waals surface area contributed by atoms with E-state index in [1.165, 1.54) is 0 Å². The minimum Gasteiger partial charge on any atom is -0.444 e. The molecule has 3 aromatic carbocycles. The van der Waals surface area contributed by atoms with Crippen molar-refractivity contribution in [1.29, 1.82) is 0 Å². The number of hydrogen-bond acceptors (Lipinski definition) is 5. The molecule has 4 rings (SSSR count). The number of benzene rings is 3. The van der Waals surface area contributed by atoms with Gasteiger partial charge in [0.15, 0.2) is 12.2 Å². The highest BCUT2D eigenvalue weighted by molar-refractivity contribution is 5.77. The molecule has 0 radical (unpaired) electrons. The zero-order valence-corrected chi connectivity index (χ0v) is 19.1. The van der Waals surface area contributed by atoms with Crippen LogP contribution in [0, 0.1) is 11.8 Å². The predicted octanol–water partition coefficient (Wildman–Crippen LogP) is 4.69. The third-order valence-electron chi connectivity index (χ3n) is 5.53. The Bertz CT molecular complexity index is 1090. The van der Waals surface area contributed by atoms with Crippen molar-refractivity contribution in [2.45, 2.75) is 51.2 Å². The van der Waals surface area contributed by atoms with Gasteiger partial charge in [-0.2, -0.15) is 0 Å². The third kappa shape index (κ3) is 6.33. The van der Waals surface area contributed by atoms with Crippen LogP contribution < -0.4 is 0 Å². The Labute approximate surface area is 200 Å². The van der Waals surface area contributed by atoms with Gasteiger partial charge in [0.05, 0.1) is 19.8 Å². The maximum Gasteiger partial charge on any atom is 0.339 e. The summed E-state index contributed by atoms with van der Waals surface area (Å²) in [5, 5.41) is 0. The lowest BCUT2D eigenvalue weighted by atomic mass is 9.98. The van der Waals surface area contributed by atoms with Crippen LogP contribution in [-0.4, -0.2) is 30.4 Å². The normalized spacial score (nSPS) is 21.9. The van der Waals surface area contributed by atoms with Gasteiger partial charge in [0.2, 0.25) is 0 Å². The van der Waals surface area contributed by atoms with Gasteiger partial charge >= 0.3 is 5.97 Å². The first-order chi connectivity index (χ1) is 16.7. The monoisotopic (exact) mass is 456 g/mol. The Hall–Kier alpha value is -3.43. The standard InChI is InChI=1S/C29H28O5/c1-2-12-25-26(31-19-22-13-6-3-7-14-22)27(32-20-23-15-8-4-9-16-23)28(29(30)34-25)33-21-24-17-10-5-11-18-24/h3-11,13-18,25-28H,19-21H2,1H3/t25-,26-,27+,28-/m1/s1. The van der Waals surface area contributed by atoms with Gasteiger partial charge in [-0.25, -0.2) is 4.79 Å². The van der Waals surface area contributed by atoms with E-state index in [1.54, 1.807) is 6.92 Å². The lowest BCUT2D eigenvalue weighted by Crippen LogP contribution is -2.58. The number of cyclic esters (lactones) is 1. The molecule has 5 nitrogen and oxygen atoms in total. The lowest BCUT2D eigenvalue weighted by molar-refractivity contribution is -0.225. The summed E-state index contributed by atoms with van der Waals surface area (Å²) in [5.74, 6) is 5.32. The minimum atomic E-state index is -0.945. The molecule has 0 amide bonds. The average Bonchev–Trinajstić information content (AvgIpc) is 2.88. The topological polar surface area (TPSA) is 54.0 Å². The van der Waals surface area contributed by atoms with Gasteiger partial charge in [0.1, 0.15) is 12.2 Å². The van der Waals surface area contributed by atoms with Crippen molar-refractivity contribution in [2.75, 3.05) is 0 Å². The molecule has 34 heavy (non-hydrogen) atoms. The van der Waals surface area contributed by atoms with Crippen molar-refractivity contribution in [3.8, 4) is 11.8 Å². The largest absolute Gasteiger partial charge is 0.444 e. The number of esters is 1. The SMILES string of the molecule is CC#C[C@H]1OC(=O)[C@H](OCc2ccccc2)[C@@H](OCc2ccccc2)[C@@H]1OCc1ccccc1. The van der Waals surface area contributed by atoms with E-state index in [0.29, 0.717) is 13.2 Å². The Morgan fingerprint density at radius 2 is 1.12 bits per heavy atom. The van der Waals surface area contributed by atoms with Crippen LogP contribution in [0.5, 0.6) is 0 Å². The van der Waals surface area contributed by atoms with Crippen LogP contribution in [0.25, 0.3) is 0 Å². The Kier molecular flexibility index (Phi) is 8.48. The molecule has 0 N–H and O–H groups in total. The van der Waals surface area contributed by atoms with E-state index in [9.17, 15) is 4.79 Å². The van der Waals surface area contributed by atoms with Crippen molar-refractivity contribution in [3.63, 3.8) is 0 Å². The second-order valence-electron chi connectivity index (χ2n) is 7.99. The second kappa shape index (κ2) is 12.2. The molecule has 0 bridgehead atoms. The number of rotatable bonds is 9. The molecule has 1 fully saturated rings. The molecule has 1 aliphatic rings. The summed E-state index contributed by atoms with van der Waals surface area (Å²) < 4.78 is 24.3. The van der Waals surface area contributed by atoms with Crippen molar-refractivity contribution in [2.24, 2.45) is 0 Å². The molecule has 0 aliphatic carbocycles. The van der Waals surface area contributed by atoms with Gasteiger partial charge in [-0.15, -0.1) is 5.92 Å². The summed E-state index contributed by atoms with van der Waals surface area (Å²) in [6.45, 7) is 2.60. The van der Waals surface area contributed by atoms with Crippen LogP contribution >= 0.6 is 0 Å². The van der Waals surface area contributed by atoms with E-state index in [-0.39, 0.29) is 6.61 Å². The molecule has 5 heteroatoms. The fraction of sp³-hybridized carbons (Fsp3) is 0.276. The Morgan fingerprint density at radius 1 is 0.676 bits per heavy atom. The average molecular weight is 457 g/mol. The molecule has 174 valence electrons. The van der Waals surface area contributed by atoms with Crippen LogP contribution in [0.2, 0.25) is 0 Å². The molecule has 0 spiro atoms. The number of carbonyl (C=O) groups is 1. The maximum atomic E-state index is 13.0. The van der Waals surface area contributed by atoms with Crippen LogP contribution in [0.3, 0.4) is 0 Å². The zero-order valence-electron chi connectivity index (χ0n) is 19.1. The molecule has 1 aliphatic heterocycles. The minimum absolute atomic E-state index is 0.251. The van der Waals surface area contributed by atoms with E-state index in [2.05, 4.69) is 11.8 Å². The van der Waals surface area contributed by atoms with Crippen LogP contribution in [-0.2, 0) is 43.6 Å². The Balaban J connectivity index is 1.57. The van der Waals surface area contributed by atoms with E-state index in [4.69, 9.17) is 18.9 Å². The summed E-state index contributed by atoms with van der Waals surface area (Å²) >= 11 is 0. The fourth-order valence-corrected chi connectivity index (χ4v) is 3.81. The van der Waals surface area contributed by atoms with Crippen molar-refractivity contribution < 1.29 is 23.7 Å². The van der Waals surface area contributed by atoms with Crippen LogP contribution in [0.1, 0.15) is 23.6 Å². The highest BCUT2D eigenvalue weighted by Crippen LogP contribution is 2.27. The molecule has 0 saturated carbocycles. The van der Waals surface area contributed by atoms with Crippen molar-refractivity contribution in [1.82, 2.24) is 0 Å². The van der Waals surface area contributed by atoms with E-state index < -0.39 is 30.4 Å². The van der Waals surface area contributed by atoms with E-state index >= 15 is 0 Å². The molecule has 1 saturated heterocycles. The number of ether oxygens (including phenoxy) is 4. The smallest absolute Gasteiger partial charge is 0.339 e. The quantitative estimate of drug-likeness (QED) is 0.345. The summed E-state index contributed by atoms with van der Waals surface area (Å²) in [4.78, 5) is 13.0. The molecule has 0 aromatic heterocycles. The van der Waals surface area contributed by atoms with Gasteiger partial charge in [0, 0.05) is 0 Å². The summed E-state index contributed by atoms with van der Waals surface area (Å²) in [6, 6.07) is 29.3. The highest BCUT2D eigenvalue weighted by atomic mass is 16.6. The number of carbonyl (C=O) groups excluding carboxylic acids is 1. The molecular weight excluding hydrogens is 428 g/mol. The van der Waals surface area contributed by atoms with Gasteiger partial charge in [-0.3, -0.25) is 0 Å². The molecule has 1 heterocycles. The highest BCUT2D eigenvalue weighted by Gasteiger charge is 2.48. The predicted molar refractivity (Wildman–Crippen MR) is 128 cm³/mol. The maximum absolute atomic E-state index is 13.0. The third-order valence-corrected chi connectivity index (χ3v) is 5.53. The van der Waals surface area contributed by atoms with Gasteiger partial charge in [-0.05, 0) is 23.6 Å². The van der Waals surface area contributed by atoms with Gasteiger partial charge < -0.3 is 18.9 Å². The van der Waals surface area contributed by atoms with Gasteiger partial charge in [0.25, 0.3) is 0 Å². The molecule has 3 aromatic rings. The van der Waals surface area contributed by atoms with Crippen LogP contribution in [0.4, 0.5) is 0 Å². The van der Waals surface area contributed by atoms with E-state index in [1.807, 2.05) is 91.0 Å². The van der Waals surface area contributed by atoms with Crippen molar-refractivity contribution >= 4 is 5.97 Å². The summed E-state index contributed by atoms with van der Waals surface area (Å²) in [6.07, 6.45) is -3.01. The fourth-order valence-electron chi connectivity index (χ4n) is 3.81. The second-order valence-corrected chi connectivity index (χ2v) is 7.99.